The Morgan fingerprint density at radius 2 is 2.22 bits per heavy atom. The Hall–Kier alpha value is -2.47. The second-order valence-corrected chi connectivity index (χ2v) is 11.2. The van der Waals surface area contributed by atoms with E-state index < -0.39 is 29.7 Å². The van der Waals surface area contributed by atoms with Crippen LogP contribution in [0.5, 0.6) is 0 Å². The van der Waals surface area contributed by atoms with E-state index in [4.69, 9.17) is 21.3 Å². The summed E-state index contributed by atoms with van der Waals surface area (Å²) in [6, 6.07) is 3.19. The highest BCUT2D eigenvalue weighted by molar-refractivity contribution is 7.99. The summed E-state index contributed by atoms with van der Waals surface area (Å²) >= 11 is 9.63. The number of aliphatic carboxylic acids is 1. The molecule has 1 fully saturated rings. The number of nitrogens with one attached hydrogen (secondary N) is 1. The molecule has 0 bridgehead atoms. The second-order valence-electron chi connectivity index (χ2n) is 8.80. The van der Waals surface area contributed by atoms with Crippen LogP contribution in [0.15, 0.2) is 46.0 Å². The summed E-state index contributed by atoms with van der Waals surface area (Å²) in [5.41, 5.74) is 1.35. The van der Waals surface area contributed by atoms with Crippen LogP contribution in [0.1, 0.15) is 36.9 Å². The quantitative estimate of drug-likeness (QED) is 0.431. The van der Waals surface area contributed by atoms with Gasteiger partial charge in [0.15, 0.2) is 10.8 Å². The zero-order chi connectivity index (χ0) is 26.5. The third-order valence-corrected chi connectivity index (χ3v) is 8.47. The Kier molecular flexibility index (Phi) is 9.22. The van der Waals surface area contributed by atoms with Gasteiger partial charge in [0.1, 0.15) is 11.9 Å². The molecule has 1 saturated heterocycles. The number of nitrogens with zero attached hydrogens (tertiary/aromatic N) is 3. The average molecular weight is 567 g/mol. The van der Waals surface area contributed by atoms with Gasteiger partial charge < -0.3 is 15.2 Å². The number of carbonyl (C=O) groups is 2. The fraction of sp³-hybridized carbons (Fsp3) is 0.440. The largest absolute Gasteiger partial charge is 0.481 e. The van der Waals surface area contributed by atoms with Gasteiger partial charge in [-0.2, -0.15) is 11.8 Å². The van der Waals surface area contributed by atoms with Gasteiger partial charge in [-0.25, -0.2) is 14.2 Å². The average Bonchev–Trinajstić information content (AvgIpc) is 3.40. The maximum atomic E-state index is 13.9. The summed E-state index contributed by atoms with van der Waals surface area (Å²) in [5.74, 6) is -0.204. The van der Waals surface area contributed by atoms with Gasteiger partial charge in [-0.1, -0.05) is 24.6 Å². The number of carboxylic acids is 1. The van der Waals surface area contributed by atoms with Crippen molar-refractivity contribution in [3.05, 3.63) is 62.5 Å². The van der Waals surface area contributed by atoms with Crippen molar-refractivity contribution in [3.63, 3.8) is 0 Å². The number of hydrogen-bond acceptors (Lipinski definition) is 9. The van der Waals surface area contributed by atoms with Gasteiger partial charge in [-0.15, -0.1) is 11.3 Å². The lowest BCUT2D eigenvalue weighted by Crippen LogP contribution is -2.48. The van der Waals surface area contributed by atoms with Crippen molar-refractivity contribution in [1.82, 2.24) is 15.2 Å². The van der Waals surface area contributed by atoms with Gasteiger partial charge in [0.2, 0.25) is 0 Å². The summed E-state index contributed by atoms with van der Waals surface area (Å²) in [4.78, 5) is 36.2. The molecule has 2 aliphatic heterocycles. The van der Waals surface area contributed by atoms with Crippen LogP contribution in [0.4, 0.5) is 4.39 Å². The number of halogens is 2. The minimum absolute atomic E-state index is 0.0117. The first-order chi connectivity index (χ1) is 17.8. The highest BCUT2D eigenvalue weighted by atomic mass is 35.5. The van der Waals surface area contributed by atoms with Crippen LogP contribution in [0, 0.1) is 11.7 Å². The number of aliphatic imine (C=N–C) groups is 1. The van der Waals surface area contributed by atoms with E-state index in [0.717, 1.165) is 18.1 Å². The summed E-state index contributed by atoms with van der Waals surface area (Å²) < 4.78 is 19.3. The Labute approximate surface area is 228 Å². The van der Waals surface area contributed by atoms with Crippen molar-refractivity contribution in [1.29, 1.82) is 0 Å². The van der Waals surface area contributed by atoms with Gasteiger partial charge in [0, 0.05) is 58.5 Å². The van der Waals surface area contributed by atoms with Crippen molar-refractivity contribution in [3.8, 4) is 0 Å². The van der Waals surface area contributed by atoms with Crippen molar-refractivity contribution in [2.75, 3.05) is 31.2 Å². The number of rotatable bonds is 9. The van der Waals surface area contributed by atoms with Crippen LogP contribution in [0.2, 0.25) is 5.02 Å². The van der Waals surface area contributed by atoms with Gasteiger partial charge in [-0.05, 0) is 25.5 Å². The number of benzene rings is 1. The van der Waals surface area contributed by atoms with Crippen molar-refractivity contribution in [2.45, 2.75) is 32.4 Å². The van der Waals surface area contributed by atoms with Crippen LogP contribution in [0.25, 0.3) is 0 Å². The zero-order valence-electron chi connectivity index (χ0n) is 20.4. The highest BCUT2D eigenvalue weighted by Crippen LogP contribution is 2.37. The number of aromatic nitrogens is 1. The molecule has 1 unspecified atom stereocenters. The number of esters is 1. The zero-order valence-corrected chi connectivity index (χ0v) is 22.8. The molecule has 2 aromatic rings. The molecule has 198 valence electrons. The standard InChI is InChI=1S/C25H28ClFN4O4S2/c1-3-35-25(34)20-19(12-31-7-9-36-13-16(31)10-14(2)24(32)33)29-22(23-28-6-8-37-23)30-21(20)17-5-4-15(27)11-18(17)26/h4-6,8,11,14,16,21H,3,7,9-10,12-13H2,1-2H3,(H,29,30)(H,32,33)/t14?,16-,21+/m1/s1. The monoisotopic (exact) mass is 566 g/mol. The predicted octanol–water partition coefficient (Wildman–Crippen LogP) is 4.37. The van der Waals surface area contributed by atoms with E-state index in [2.05, 4.69) is 15.2 Å². The van der Waals surface area contributed by atoms with E-state index in [1.807, 2.05) is 5.38 Å². The number of carboxylic acid groups (broad SMARTS) is 1. The van der Waals surface area contributed by atoms with E-state index in [9.17, 15) is 19.1 Å². The molecule has 3 heterocycles. The molecular weight excluding hydrogens is 539 g/mol. The fourth-order valence-corrected chi connectivity index (χ4v) is 6.40. The topological polar surface area (TPSA) is 104 Å². The van der Waals surface area contributed by atoms with Gasteiger partial charge in [0.25, 0.3) is 0 Å². The smallest absolute Gasteiger partial charge is 0.338 e. The molecule has 0 aliphatic carbocycles. The Morgan fingerprint density at radius 1 is 1.41 bits per heavy atom. The van der Waals surface area contributed by atoms with E-state index in [-0.39, 0.29) is 17.7 Å². The Morgan fingerprint density at radius 3 is 2.89 bits per heavy atom. The van der Waals surface area contributed by atoms with Crippen molar-refractivity contribution >= 4 is 52.5 Å². The van der Waals surface area contributed by atoms with Gasteiger partial charge >= 0.3 is 11.9 Å². The minimum atomic E-state index is -0.835. The van der Waals surface area contributed by atoms with Crippen molar-refractivity contribution in [2.24, 2.45) is 10.9 Å². The lowest BCUT2D eigenvalue weighted by atomic mass is 9.94. The third-order valence-electron chi connectivity index (χ3n) is 6.27. The molecule has 2 N–H and O–H groups in total. The summed E-state index contributed by atoms with van der Waals surface area (Å²) in [7, 11) is 0. The highest BCUT2D eigenvalue weighted by Gasteiger charge is 2.36. The molecule has 4 rings (SSSR count). The molecule has 1 aromatic carbocycles. The maximum absolute atomic E-state index is 13.9. The van der Waals surface area contributed by atoms with Crippen LogP contribution in [-0.4, -0.2) is 70.0 Å². The molecule has 2 aliphatic rings. The molecule has 12 heteroatoms. The summed E-state index contributed by atoms with van der Waals surface area (Å²) in [5, 5.41) is 15.4. The molecule has 8 nitrogen and oxygen atoms in total. The van der Waals surface area contributed by atoms with Crippen molar-refractivity contribution < 1.29 is 23.8 Å². The predicted molar refractivity (Wildman–Crippen MR) is 144 cm³/mol. The summed E-state index contributed by atoms with van der Waals surface area (Å²) in [6.07, 6.45) is 2.16. The number of thioether (sulfide) groups is 1. The number of ether oxygens (including phenoxy) is 1. The van der Waals surface area contributed by atoms with Crippen LogP contribution in [-0.2, 0) is 14.3 Å². The molecule has 0 radical (unpaired) electrons. The second kappa shape index (κ2) is 12.4. The molecule has 0 spiro atoms. The van der Waals surface area contributed by atoms with Crippen LogP contribution >= 0.6 is 34.7 Å². The number of hydrogen-bond donors (Lipinski definition) is 2. The van der Waals surface area contributed by atoms with Gasteiger partial charge in [0.05, 0.1) is 18.1 Å². The minimum Gasteiger partial charge on any atom is -0.481 e. The number of carbonyl (C=O) groups excluding carboxylic acids is 1. The number of thiazole rings is 1. The van der Waals surface area contributed by atoms with E-state index in [0.29, 0.717) is 40.6 Å². The Bertz CT molecular complexity index is 1210. The first kappa shape index (κ1) is 27.6. The normalized spacial score (nSPS) is 21.2. The van der Waals surface area contributed by atoms with E-state index >= 15 is 0 Å². The third kappa shape index (κ3) is 6.51. The maximum Gasteiger partial charge on any atom is 0.338 e. The molecule has 0 saturated carbocycles. The fourth-order valence-electron chi connectivity index (χ4n) is 4.39. The summed E-state index contributed by atoms with van der Waals surface area (Å²) in [6.45, 7) is 4.69. The van der Waals surface area contributed by atoms with Gasteiger partial charge in [-0.3, -0.25) is 14.7 Å². The molecule has 0 amide bonds. The first-order valence-electron chi connectivity index (χ1n) is 11.9. The molecule has 3 atom stereocenters. The lowest BCUT2D eigenvalue weighted by molar-refractivity contribution is -0.141. The number of amidine groups is 1. The molecule has 1 aromatic heterocycles. The lowest BCUT2D eigenvalue weighted by Gasteiger charge is -2.38. The van der Waals surface area contributed by atoms with E-state index in [1.54, 1.807) is 31.8 Å². The van der Waals surface area contributed by atoms with Crippen LogP contribution in [0.3, 0.4) is 0 Å². The Balaban J connectivity index is 1.78. The molecular formula is C25H28ClFN4O4S2. The van der Waals surface area contributed by atoms with E-state index in [1.165, 1.54) is 29.5 Å². The van der Waals surface area contributed by atoms with Crippen LogP contribution < -0.4 is 5.32 Å². The first-order valence-corrected chi connectivity index (χ1v) is 14.3. The SMILES string of the molecule is CCOC(=O)C1=C(CN2CCSC[C@H]2CC(C)C(=O)O)NC(c2nccs2)=N[C@H]1c1ccc(F)cc1Cl. The molecule has 37 heavy (non-hydrogen) atoms.